The molecule has 1 aliphatic carbocycles. The maximum absolute atomic E-state index is 13.6. The Morgan fingerprint density at radius 3 is 2.32 bits per heavy atom. The number of urea groups is 1. The molecule has 0 saturated heterocycles. The summed E-state index contributed by atoms with van der Waals surface area (Å²) in [5, 5.41) is 7.80. The van der Waals surface area contributed by atoms with Crippen molar-refractivity contribution < 1.29 is 23.1 Å². The van der Waals surface area contributed by atoms with Gasteiger partial charge in [-0.15, -0.1) is 0 Å². The molecule has 1 fully saturated rings. The zero-order chi connectivity index (χ0) is 24.3. The van der Waals surface area contributed by atoms with Gasteiger partial charge in [0.15, 0.2) is 0 Å². The van der Waals surface area contributed by atoms with E-state index in [4.69, 9.17) is 16.3 Å². The number of hydrogen-bond acceptors (Lipinski definition) is 4. The summed E-state index contributed by atoms with van der Waals surface area (Å²) in [5.74, 6) is -1.71. The number of carbonyl (C=O) groups excluding carboxylic acids is 2. The minimum atomic E-state index is -3.14. The third-order valence-corrected chi connectivity index (χ3v) is 5.31. The van der Waals surface area contributed by atoms with E-state index in [0.29, 0.717) is 23.0 Å². The number of aromatic nitrogens is 1. The van der Waals surface area contributed by atoms with E-state index in [2.05, 4.69) is 20.9 Å². The second-order valence-corrected chi connectivity index (χ2v) is 8.34. The van der Waals surface area contributed by atoms with Crippen LogP contribution in [-0.2, 0) is 10.7 Å². The van der Waals surface area contributed by atoms with Gasteiger partial charge in [-0.05, 0) is 61.4 Å². The first-order chi connectivity index (χ1) is 16.2. The highest BCUT2D eigenvalue weighted by atomic mass is 35.5. The molecule has 1 heterocycles. The third kappa shape index (κ3) is 6.20. The van der Waals surface area contributed by atoms with Crippen molar-refractivity contribution in [2.45, 2.75) is 25.7 Å². The van der Waals surface area contributed by atoms with Gasteiger partial charge in [-0.3, -0.25) is 4.79 Å². The Kier molecular flexibility index (Phi) is 6.65. The molecule has 0 bridgehead atoms. The van der Waals surface area contributed by atoms with Crippen molar-refractivity contribution in [2.24, 2.45) is 5.92 Å². The SMILES string of the molecule is CC(F)(F)c1cc(NC(=O)Nc2ccc(Oc3ccnc(NC(=O)C4CC4)c3)cc2)ccc1Cl. The number of nitrogens with one attached hydrogen (secondary N) is 3. The number of alkyl halides is 2. The van der Waals surface area contributed by atoms with Crippen LogP contribution in [-0.4, -0.2) is 16.9 Å². The topological polar surface area (TPSA) is 92.3 Å². The molecule has 176 valence electrons. The van der Waals surface area contributed by atoms with Crippen molar-refractivity contribution in [1.29, 1.82) is 0 Å². The number of ether oxygens (including phenoxy) is 1. The molecule has 1 saturated carbocycles. The van der Waals surface area contributed by atoms with Crippen molar-refractivity contribution in [1.82, 2.24) is 4.98 Å². The molecule has 3 N–H and O–H groups in total. The number of nitrogens with zero attached hydrogens (tertiary/aromatic N) is 1. The quantitative estimate of drug-likeness (QED) is 0.349. The van der Waals surface area contributed by atoms with Crippen LogP contribution >= 0.6 is 11.6 Å². The Labute approximate surface area is 199 Å². The molecule has 3 amide bonds. The van der Waals surface area contributed by atoms with Gasteiger partial charge in [0, 0.05) is 47.1 Å². The number of anilines is 3. The first-order valence-electron chi connectivity index (χ1n) is 10.5. The van der Waals surface area contributed by atoms with Crippen molar-refractivity contribution in [3.8, 4) is 11.5 Å². The summed E-state index contributed by atoms with van der Waals surface area (Å²) in [4.78, 5) is 28.3. The van der Waals surface area contributed by atoms with Gasteiger partial charge >= 0.3 is 6.03 Å². The maximum atomic E-state index is 13.6. The summed E-state index contributed by atoms with van der Waals surface area (Å²) >= 11 is 5.82. The molecule has 1 aliphatic rings. The Hall–Kier alpha value is -3.72. The van der Waals surface area contributed by atoms with E-state index in [9.17, 15) is 18.4 Å². The lowest BCUT2D eigenvalue weighted by molar-refractivity contribution is -0.117. The molecular weight excluding hydrogens is 466 g/mol. The highest BCUT2D eigenvalue weighted by Crippen LogP contribution is 2.35. The second-order valence-electron chi connectivity index (χ2n) is 7.93. The van der Waals surface area contributed by atoms with Crippen LogP contribution in [0, 0.1) is 5.92 Å². The summed E-state index contributed by atoms with van der Waals surface area (Å²) < 4.78 is 33.1. The zero-order valence-electron chi connectivity index (χ0n) is 18.1. The van der Waals surface area contributed by atoms with Crippen LogP contribution in [0.25, 0.3) is 0 Å². The van der Waals surface area contributed by atoms with Crippen LogP contribution in [0.5, 0.6) is 11.5 Å². The Morgan fingerprint density at radius 1 is 0.971 bits per heavy atom. The lowest BCUT2D eigenvalue weighted by atomic mass is 10.1. The third-order valence-electron chi connectivity index (χ3n) is 4.98. The molecule has 0 radical (unpaired) electrons. The summed E-state index contributed by atoms with van der Waals surface area (Å²) in [5.41, 5.74) is 0.271. The van der Waals surface area contributed by atoms with Crippen LogP contribution in [0.1, 0.15) is 25.3 Å². The predicted octanol–water partition coefficient (Wildman–Crippen LogP) is 6.63. The van der Waals surface area contributed by atoms with E-state index in [1.165, 1.54) is 18.3 Å². The average Bonchev–Trinajstić information content (AvgIpc) is 3.62. The van der Waals surface area contributed by atoms with Crippen molar-refractivity contribution in [3.63, 3.8) is 0 Å². The Balaban J connectivity index is 1.34. The summed E-state index contributed by atoms with van der Waals surface area (Å²) in [6, 6.07) is 13.1. The fraction of sp³-hybridized carbons (Fsp3) is 0.208. The number of amides is 3. The zero-order valence-corrected chi connectivity index (χ0v) is 18.8. The fourth-order valence-corrected chi connectivity index (χ4v) is 3.38. The van der Waals surface area contributed by atoms with Crippen LogP contribution in [0.2, 0.25) is 5.02 Å². The highest BCUT2D eigenvalue weighted by Gasteiger charge is 2.30. The van der Waals surface area contributed by atoms with Crippen LogP contribution in [0.15, 0.2) is 60.8 Å². The minimum absolute atomic E-state index is 0.0448. The van der Waals surface area contributed by atoms with Crippen LogP contribution in [0.4, 0.5) is 30.8 Å². The predicted molar refractivity (Wildman–Crippen MR) is 126 cm³/mol. The number of halogens is 3. The molecule has 34 heavy (non-hydrogen) atoms. The molecule has 10 heteroatoms. The standard InChI is InChI=1S/C24H21ClF2N4O3/c1-24(26,27)19-12-16(6-9-20(19)25)30-23(33)29-15-4-7-17(8-5-15)34-18-10-11-28-21(13-18)31-22(32)14-2-3-14/h4-14H,2-3H2,1H3,(H,28,31,32)(H2,29,30,33). The van der Waals surface area contributed by atoms with Gasteiger partial charge in [-0.2, -0.15) is 0 Å². The molecule has 0 aliphatic heterocycles. The van der Waals surface area contributed by atoms with Gasteiger partial charge in [0.2, 0.25) is 5.91 Å². The lowest BCUT2D eigenvalue weighted by Crippen LogP contribution is -2.20. The fourth-order valence-electron chi connectivity index (χ4n) is 3.09. The molecule has 7 nitrogen and oxygen atoms in total. The molecule has 1 aromatic heterocycles. The Bertz CT molecular complexity index is 1210. The van der Waals surface area contributed by atoms with E-state index in [1.807, 2.05) is 0 Å². The van der Waals surface area contributed by atoms with Crippen molar-refractivity contribution in [2.75, 3.05) is 16.0 Å². The highest BCUT2D eigenvalue weighted by molar-refractivity contribution is 6.31. The monoisotopic (exact) mass is 486 g/mol. The van der Waals surface area contributed by atoms with Gasteiger partial charge in [0.05, 0.1) is 0 Å². The lowest BCUT2D eigenvalue weighted by Gasteiger charge is -2.15. The van der Waals surface area contributed by atoms with Gasteiger partial charge in [0.1, 0.15) is 17.3 Å². The number of rotatable bonds is 7. The second kappa shape index (κ2) is 9.64. The van der Waals surface area contributed by atoms with Gasteiger partial charge < -0.3 is 20.7 Å². The molecule has 0 spiro atoms. The van der Waals surface area contributed by atoms with Crippen molar-refractivity contribution >= 4 is 40.7 Å². The molecule has 0 atom stereocenters. The Morgan fingerprint density at radius 2 is 1.65 bits per heavy atom. The summed E-state index contributed by atoms with van der Waals surface area (Å²) in [6.45, 7) is 0.735. The van der Waals surface area contributed by atoms with Crippen molar-refractivity contribution in [3.05, 3.63) is 71.4 Å². The molecule has 0 unspecified atom stereocenters. The van der Waals surface area contributed by atoms with E-state index < -0.39 is 12.0 Å². The largest absolute Gasteiger partial charge is 0.457 e. The summed E-state index contributed by atoms with van der Waals surface area (Å²) in [6.07, 6.45) is 3.33. The van der Waals surface area contributed by atoms with Crippen LogP contribution in [0.3, 0.4) is 0 Å². The van der Waals surface area contributed by atoms with E-state index in [1.54, 1.807) is 36.4 Å². The van der Waals surface area contributed by atoms with Gasteiger partial charge in [-0.25, -0.2) is 18.6 Å². The number of benzene rings is 2. The van der Waals surface area contributed by atoms with Crippen LogP contribution < -0.4 is 20.7 Å². The number of hydrogen-bond donors (Lipinski definition) is 3. The van der Waals surface area contributed by atoms with E-state index in [0.717, 1.165) is 25.8 Å². The number of carbonyl (C=O) groups is 2. The molecular formula is C24H21ClF2N4O3. The molecule has 4 rings (SSSR count). The van der Waals surface area contributed by atoms with E-state index >= 15 is 0 Å². The molecule has 2 aromatic carbocycles. The first-order valence-corrected chi connectivity index (χ1v) is 10.9. The normalized spacial score (nSPS) is 13.2. The smallest absolute Gasteiger partial charge is 0.323 e. The first kappa shape index (κ1) is 23.4. The summed E-state index contributed by atoms with van der Waals surface area (Å²) in [7, 11) is 0. The number of pyridine rings is 1. The maximum Gasteiger partial charge on any atom is 0.323 e. The van der Waals surface area contributed by atoms with E-state index in [-0.39, 0.29) is 28.1 Å². The van der Waals surface area contributed by atoms with Gasteiger partial charge in [-0.1, -0.05) is 11.6 Å². The van der Waals surface area contributed by atoms with Gasteiger partial charge in [0.25, 0.3) is 5.92 Å². The minimum Gasteiger partial charge on any atom is -0.457 e. The average molecular weight is 487 g/mol. The molecule has 3 aromatic rings.